The van der Waals surface area contributed by atoms with Crippen LogP contribution in [0, 0.1) is 0 Å². The van der Waals surface area contributed by atoms with Gasteiger partial charge in [-0.2, -0.15) is 0 Å². The van der Waals surface area contributed by atoms with Crippen LogP contribution in [-0.4, -0.2) is 63.6 Å². The molecule has 0 unspecified atom stereocenters. The van der Waals surface area contributed by atoms with E-state index in [2.05, 4.69) is 40.7 Å². The fourth-order valence-corrected chi connectivity index (χ4v) is 3.42. The summed E-state index contributed by atoms with van der Waals surface area (Å²) in [7, 11) is 3.87. The largest absolute Gasteiger partial charge is 0.349 e. The van der Waals surface area contributed by atoms with Gasteiger partial charge in [-0.15, -0.1) is 24.0 Å². The summed E-state index contributed by atoms with van der Waals surface area (Å²) in [4.78, 5) is 22.3. The maximum atomic E-state index is 4.72. The minimum absolute atomic E-state index is 0. The first kappa shape index (κ1) is 20.3. The molecule has 3 heterocycles. The van der Waals surface area contributed by atoms with Gasteiger partial charge in [0, 0.05) is 52.7 Å². The summed E-state index contributed by atoms with van der Waals surface area (Å²) < 4.78 is 2.13. The molecule has 0 saturated carbocycles. The van der Waals surface area contributed by atoms with Crippen LogP contribution >= 0.6 is 24.0 Å². The molecular formula is C19H25IN8. The van der Waals surface area contributed by atoms with Gasteiger partial charge in [-0.1, -0.05) is 12.1 Å². The number of anilines is 1. The quantitative estimate of drug-likeness (QED) is 0.342. The number of guanidine groups is 1. The number of aliphatic imine (C=N–C) groups is 1. The van der Waals surface area contributed by atoms with E-state index < -0.39 is 0 Å². The number of fused-ring (bicyclic) bond motifs is 1. The van der Waals surface area contributed by atoms with E-state index >= 15 is 0 Å². The van der Waals surface area contributed by atoms with Crippen molar-refractivity contribution in [3.8, 4) is 0 Å². The number of piperazine rings is 1. The number of halogens is 1. The fraction of sp³-hybridized carbons (Fsp3) is 0.368. The van der Waals surface area contributed by atoms with E-state index in [1.807, 2.05) is 38.4 Å². The van der Waals surface area contributed by atoms with Crippen molar-refractivity contribution >= 4 is 46.9 Å². The Bertz CT molecular complexity index is 932. The van der Waals surface area contributed by atoms with E-state index in [0.29, 0.717) is 6.54 Å². The molecule has 1 N–H and O–H groups in total. The Labute approximate surface area is 181 Å². The first-order valence-corrected chi connectivity index (χ1v) is 9.14. The third kappa shape index (κ3) is 4.18. The number of hydrogen-bond donors (Lipinski definition) is 1. The Kier molecular flexibility index (Phi) is 6.65. The maximum Gasteiger partial charge on any atom is 0.225 e. The number of hydrogen-bond acceptors (Lipinski definition) is 5. The van der Waals surface area contributed by atoms with E-state index in [1.54, 1.807) is 12.4 Å². The highest BCUT2D eigenvalue weighted by Gasteiger charge is 2.21. The lowest BCUT2D eigenvalue weighted by atomic mass is 10.3. The number of para-hydroxylation sites is 2. The van der Waals surface area contributed by atoms with E-state index in [1.165, 1.54) is 0 Å². The molecule has 9 heteroatoms. The van der Waals surface area contributed by atoms with Crippen LogP contribution in [-0.2, 0) is 13.6 Å². The highest BCUT2D eigenvalue weighted by Crippen LogP contribution is 2.14. The average molecular weight is 492 g/mol. The molecule has 1 aliphatic rings. The maximum absolute atomic E-state index is 4.72. The molecule has 0 amide bonds. The zero-order chi connectivity index (χ0) is 18.6. The van der Waals surface area contributed by atoms with Gasteiger partial charge in [0.25, 0.3) is 0 Å². The standard InChI is InChI=1S/C19H24N8.HI/c1-20-18(23-14-17-24-15-6-3-4-7-16(15)25(17)2)26-10-12-27(13-11-26)19-21-8-5-9-22-19;/h3-9H,10-14H2,1-2H3,(H,20,23);1H. The number of benzene rings is 1. The first-order valence-electron chi connectivity index (χ1n) is 9.14. The molecule has 1 fully saturated rings. The summed E-state index contributed by atoms with van der Waals surface area (Å²) in [6, 6.07) is 10.0. The van der Waals surface area contributed by atoms with Gasteiger partial charge >= 0.3 is 0 Å². The summed E-state index contributed by atoms with van der Waals surface area (Å²) in [5.74, 6) is 2.68. The number of rotatable bonds is 3. The third-order valence-electron chi connectivity index (χ3n) is 4.91. The average Bonchev–Trinajstić information content (AvgIpc) is 3.05. The summed E-state index contributed by atoms with van der Waals surface area (Å²) >= 11 is 0. The van der Waals surface area contributed by atoms with Crippen LogP contribution in [0.2, 0.25) is 0 Å². The highest BCUT2D eigenvalue weighted by atomic mass is 127. The van der Waals surface area contributed by atoms with Gasteiger partial charge in [0.2, 0.25) is 5.95 Å². The van der Waals surface area contributed by atoms with Crippen LogP contribution in [0.5, 0.6) is 0 Å². The van der Waals surface area contributed by atoms with Gasteiger partial charge in [0.1, 0.15) is 5.82 Å². The van der Waals surface area contributed by atoms with Gasteiger partial charge in [-0.3, -0.25) is 4.99 Å². The monoisotopic (exact) mass is 492 g/mol. The number of aromatic nitrogens is 4. The Morgan fingerprint density at radius 2 is 1.79 bits per heavy atom. The molecule has 148 valence electrons. The second-order valence-corrected chi connectivity index (χ2v) is 6.50. The molecule has 0 atom stereocenters. The van der Waals surface area contributed by atoms with Crippen molar-refractivity contribution in [2.45, 2.75) is 6.54 Å². The molecule has 28 heavy (non-hydrogen) atoms. The van der Waals surface area contributed by atoms with Gasteiger partial charge in [-0.05, 0) is 18.2 Å². The normalized spacial score (nSPS) is 14.9. The molecule has 8 nitrogen and oxygen atoms in total. The predicted molar refractivity (Wildman–Crippen MR) is 122 cm³/mol. The lowest BCUT2D eigenvalue weighted by Crippen LogP contribution is -2.52. The first-order chi connectivity index (χ1) is 13.3. The van der Waals surface area contributed by atoms with Gasteiger partial charge in [0.15, 0.2) is 5.96 Å². The molecule has 4 rings (SSSR count). The minimum atomic E-state index is 0. The molecule has 2 aromatic heterocycles. The van der Waals surface area contributed by atoms with E-state index in [0.717, 1.165) is 54.9 Å². The summed E-state index contributed by atoms with van der Waals surface area (Å²) in [6.07, 6.45) is 3.57. The summed E-state index contributed by atoms with van der Waals surface area (Å²) in [5, 5.41) is 3.45. The van der Waals surface area contributed by atoms with Crippen LogP contribution in [0.25, 0.3) is 11.0 Å². The van der Waals surface area contributed by atoms with Crippen LogP contribution in [0.3, 0.4) is 0 Å². The molecule has 0 aliphatic carbocycles. The van der Waals surface area contributed by atoms with Gasteiger partial charge < -0.3 is 19.7 Å². The van der Waals surface area contributed by atoms with Crippen molar-refractivity contribution in [3.63, 3.8) is 0 Å². The zero-order valence-corrected chi connectivity index (χ0v) is 18.4. The Morgan fingerprint density at radius 1 is 1.07 bits per heavy atom. The van der Waals surface area contributed by atoms with Gasteiger partial charge in [0.05, 0.1) is 17.6 Å². The van der Waals surface area contributed by atoms with E-state index in [9.17, 15) is 0 Å². The Morgan fingerprint density at radius 3 is 2.46 bits per heavy atom. The second-order valence-electron chi connectivity index (χ2n) is 6.50. The zero-order valence-electron chi connectivity index (χ0n) is 16.1. The van der Waals surface area contributed by atoms with Crippen molar-refractivity contribution in [2.75, 3.05) is 38.1 Å². The third-order valence-corrected chi connectivity index (χ3v) is 4.91. The summed E-state index contributed by atoms with van der Waals surface area (Å²) in [5.41, 5.74) is 2.16. The van der Waals surface area contributed by atoms with Crippen LogP contribution in [0.1, 0.15) is 5.82 Å². The lowest BCUT2D eigenvalue weighted by molar-refractivity contribution is 0.369. The molecule has 3 aromatic rings. The molecule has 0 bridgehead atoms. The SMILES string of the molecule is CN=C(NCc1nc2ccccc2n1C)N1CCN(c2ncccn2)CC1.I. The predicted octanol–water partition coefficient (Wildman–Crippen LogP) is 1.88. The van der Waals surface area contributed by atoms with Crippen molar-refractivity contribution in [2.24, 2.45) is 12.0 Å². The summed E-state index contributed by atoms with van der Waals surface area (Å²) in [6.45, 7) is 4.13. The van der Waals surface area contributed by atoms with E-state index in [-0.39, 0.29) is 24.0 Å². The number of nitrogens with one attached hydrogen (secondary N) is 1. The molecule has 1 aromatic carbocycles. The van der Waals surface area contributed by atoms with Crippen molar-refractivity contribution in [1.29, 1.82) is 0 Å². The van der Waals surface area contributed by atoms with Crippen LogP contribution < -0.4 is 10.2 Å². The van der Waals surface area contributed by atoms with Gasteiger partial charge in [-0.25, -0.2) is 15.0 Å². The van der Waals surface area contributed by atoms with Crippen molar-refractivity contribution < 1.29 is 0 Å². The van der Waals surface area contributed by atoms with Crippen molar-refractivity contribution in [1.82, 2.24) is 29.7 Å². The minimum Gasteiger partial charge on any atom is -0.349 e. The highest BCUT2D eigenvalue weighted by molar-refractivity contribution is 14.0. The van der Waals surface area contributed by atoms with E-state index in [4.69, 9.17) is 4.98 Å². The topological polar surface area (TPSA) is 74.5 Å². The Hall–Kier alpha value is -2.43. The smallest absolute Gasteiger partial charge is 0.225 e. The fourth-order valence-electron chi connectivity index (χ4n) is 3.42. The molecule has 0 radical (unpaired) electrons. The lowest BCUT2D eigenvalue weighted by Gasteiger charge is -2.36. The molecular weight excluding hydrogens is 467 g/mol. The molecule has 0 spiro atoms. The number of aryl methyl sites for hydroxylation is 1. The second kappa shape index (κ2) is 9.18. The Balaban J connectivity index is 0.00000225. The number of imidazole rings is 1. The molecule has 1 saturated heterocycles. The number of nitrogens with zero attached hydrogens (tertiary/aromatic N) is 7. The molecule has 1 aliphatic heterocycles. The van der Waals surface area contributed by atoms with Crippen LogP contribution in [0.15, 0.2) is 47.7 Å². The van der Waals surface area contributed by atoms with Crippen LogP contribution in [0.4, 0.5) is 5.95 Å². The van der Waals surface area contributed by atoms with Crippen molar-refractivity contribution in [3.05, 3.63) is 48.5 Å².